The van der Waals surface area contributed by atoms with E-state index in [1.807, 2.05) is 0 Å². The van der Waals surface area contributed by atoms with Gasteiger partial charge in [-0.15, -0.1) is 0 Å². The lowest BCUT2D eigenvalue weighted by atomic mass is 10.2. The molecule has 0 aromatic heterocycles. The number of aliphatic imine (C=N–C) groups is 1. The number of nitro groups is 1. The molecule has 84 valence electrons. The van der Waals surface area contributed by atoms with Crippen LogP contribution in [0.4, 0.5) is 5.69 Å². The second-order valence-electron chi connectivity index (χ2n) is 2.92. The Morgan fingerprint density at radius 2 is 2.12 bits per heavy atom. The summed E-state index contributed by atoms with van der Waals surface area (Å²) < 4.78 is 4.88. The zero-order chi connectivity index (χ0) is 11.8. The third kappa shape index (κ3) is 3.91. The molecule has 0 saturated heterocycles. The van der Waals surface area contributed by atoms with Crippen molar-refractivity contribution in [2.45, 2.75) is 0 Å². The number of hydrogen-bond acceptors (Lipinski definition) is 4. The van der Waals surface area contributed by atoms with Gasteiger partial charge in [-0.3, -0.25) is 15.1 Å². The summed E-state index contributed by atoms with van der Waals surface area (Å²) >= 11 is 0. The minimum absolute atomic E-state index is 0.0761. The number of ether oxygens (including phenoxy) is 1. The van der Waals surface area contributed by atoms with Gasteiger partial charge < -0.3 is 4.74 Å². The highest BCUT2D eigenvalue weighted by molar-refractivity contribution is 5.79. The van der Waals surface area contributed by atoms with Crippen molar-refractivity contribution in [3.05, 3.63) is 52.8 Å². The first-order chi connectivity index (χ1) is 7.74. The van der Waals surface area contributed by atoms with E-state index in [0.29, 0.717) is 13.2 Å². The molecule has 0 saturated carbocycles. The Morgan fingerprint density at radius 1 is 1.44 bits per heavy atom. The monoisotopic (exact) mass is 220 g/mol. The van der Waals surface area contributed by atoms with Crippen molar-refractivity contribution in [1.29, 1.82) is 0 Å². The average Bonchev–Trinajstić information content (AvgIpc) is 2.29. The number of nitrogens with zero attached hydrogens (tertiary/aromatic N) is 2. The van der Waals surface area contributed by atoms with Gasteiger partial charge in [-0.25, -0.2) is 0 Å². The normalized spacial score (nSPS) is 10.2. The van der Waals surface area contributed by atoms with E-state index in [2.05, 4.69) is 11.6 Å². The predicted octanol–water partition coefficient (Wildman–Crippen LogP) is 2.17. The van der Waals surface area contributed by atoms with Gasteiger partial charge in [0, 0.05) is 18.3 Å². The van der Waals surface area contributed by atoms with Crippen LogP contribution >= 0.6 is 0 Å². The maximum Gasteiger partial charge on any atom is 0.269 e. The van der Waals surface area contributed by atoms with E-state index in [4.69, 9.17) is 4.74 Å². The van der Waals surface area contributed by atoms with Crippen LogP contribution in [0, 0.1) is 10.1 Å². The molecule has 0 unspecified atom stereocenters. The Labute approximate surface area is 93.2 Å². The molecule has 5 nitrogen and oxygen atoms in total. The number of hydrogen-bond donors (Lipinski definition) is 0. The standard InChI is InChI=1S/C11H12N2O3/c1-2-16-8-7-12-9-10-3-5-11(6-4-10)13(14)15/h2-6,9H,1,7-8H2. The first-order valence-corrected chi connectivity index (χ1v) is 4.71. The first kappa shape index (κ1) is 11.9. The summed E-state index contributed by atoms with van der Waals surface area (Å²) in [5.41, 5.74) is 0.899. The van der Waals surface area contributed by atoms with Crippen LogP contribution in [0.3, 0.4) is 0 Å². The molecule has 5 heteroatoms. The molecule has 0 aliphatic carbocycles. The van der Waals surface area contributed by atoms with Crippen molar-refractivity contribution in [2.24, 2.45) is 4.99 Å². The van der Waals surface area contributed by atoms with Gasteiger partial charge >= 0.3 is 0 Å². The molecule has 1 aromatic rings. The fourth-order valence-electron chi connectivity index (χ4n) is 1.04. The van der Waals surface area contributed by atoms with Gasteiger partial charge in [0.2, 0.25) is 0 Å². The lowest BCUT2D eigenvalue weighted by molar-refractivity contribution is -0.384. The molecule has 0 aliphatic heterocycles. The van der Waals surface area contributed by atoms with Crippen LogP contribution < -0.4 is 0 Å². The summed E-state index contributed by atoms with van der Waals surface area (Å²) in [5, 5.41) is 10.4. The van der Waals surface area contributed by atoms with Gasteiger partial charge in [0.15, 0.2) is 0 Å². The number of nitro benzene ring substituents is 1. The Bertz CT molecular complexity index is 385. The molecule has 0 radical (unpaired) electrons. The Kier molecular flexibility index (Phi) is 4.72. The number of benzene rings is 1. The fraction of sp³-hybridized carbons (Fsp3) is 0.182. The minimum atomic E-state index is -0.432. The third-order valence-corrected chi connectivity index (χ3v) is 1.80. The summed E-state index contributed by atoms with van der Waals surface area (Å²) in [4.78, 5) is 14.0. The zero-order valence-corrected chi connectivity index (χ0v) is 8.70. The van der Waals surface area contributed by atoms with Crippen LogP contribution in [0.5, 0.6) is 0 Å². The van der Waals surface area contributed by atoms with E-state index in [1.165, 1.54) is 18.4 Å². The van der Waals surface area contributed by atoms with Crippen LogP contribution in [0.15, 0.2) is 42.1 Å². The number of rotatable bonds is 6. The summed E-state index contributed by atoms with van der Waals surface area (Å²) in [6, 6.07) is 6.19. The SMILES string of the molecule is C=COCCN=Cc1ccc([N+](=O)[O-])cc1. The van der Waals surface area contributed by atoms with Crippen molar-refractivity contribution in [1.82, 2.24) is 0 Å². The molecule has 1 aromatic carbocycles. The first-order valence-electron chi connectivity index (χ1n) is 4.71. The van der Waals surface area contributed by atoms with Gasteiger partial charge in [-0.1, -0.05) is 6.58 Å². The van der Waals surface area contributed by atoms with Gasteiger partial charge in [-0.05, 0) is 17.7 Å². The molecule has 0 spiro atoms. The van der Waals surface area contributed by atoms with Crippen LogP contribution in [0.25, 0.3) is 0 Å². The molecule has 1 rings (SSSR count). The summed E-state index contributed by atoms with van der Waals surface area (Å²) in [6.45, 7) is 4.41. The maximum absolute atomic E-state index is 10.4. The van der Waals surface area contributed by atoms with E-state index in [0.717, 1.165) is 5.56 Å². The van der Waals surface area contributed by atoms with Crippen molar-refractivity contribution in [2.75, 3.05) is 13.2 Å². The van der Waals surface area contributed by atoms with Gasteiger partial charge in [0.05, 0.1) is 17.7 Å². The molecular weight excluding hydrogens is 208 g/mol. The lowest BCUT2D eigenvalue weighted by Gasteiger charge is -1.95. The van der Waals surface area contributed by atoms with Crippen molar-refractivity contribution in [3.8, 4) is 0 Å². The Balaban J connectivity index is 2.48. The predicted molar refractivity (Wildman–Crippen MR) is 61.7 cm³/mol. The molecule has 0 N–H and O–H groups in total. The fourth-order valence-corrected chi connectivity index (χ4v) is 1.04. The Hall–Kier alpha value is -2.17. The minimum Gasteiger partial charge on any atom is -0.500 e. The zero-order valence-electron chi connectivity index (χ0n) is 8.70. The molecule has 0 atom stereocenters. The molecule has 0 bridgehead atoms. The van der Waals surface area contributed by atoms with Gasteiger partial charge in [-0.2, -0.15) is 0 Å². The third-order valence-electron chi connectivity index (χ3n) is 1.80. The lowest BCUT2D eigenvalue weighted by Crippen LogP contribution is -1.93. The topological polar surface area (TPSA) is 64.7 Å². The highest BCUT2D eigenvalue weighted by Gasteiger charge is 2.01. The molecule has 16 heavy (non-hydrogen) atoms. The van der Waals surface area contributed by atoms with Crippen LogP contribution in [-0.4, -0.2) is 24.3 Å². The molecular formula is C11H12N2O3. The average molecular weight is 220 g/mol. The summed E-state index contributed by atoms with van der Waals surface area (Å²) in [7, 11) is 0. The summed E-state index contributed by atoms with van der Waals surface area (Å²) in [5.74, 6) is 0. The van der Waals surface area contributed by atoms with Crippen LogP contribution in [-0.2, 0) is 4.74 Å². The van der Waals surface area contributed by atoms with E-state index in [1.54, 1.807) is 18.3 Å². The van der Waals surface area contributed by atoms with Crippen LogP contribution in [0.2, 0.25) is 0 Å². The van der Waals surface area contributed by atoms with Crippen LogP contribution in [0.1, 0.15) is 5.56 Å². The second kappa shape index (κ2) is 6.34. The van der Waals surface area contributed by atoms with E-state index >= 15 is 0 Å². The Morgan fingerprint density at radius 3 is 2.69 bits per heavy atom. The number of non-ortho nitro benzene ring substituents is 1. The highest BCUT2D eigenvalue weighted by atomic mass is 16.6. The quantitative estimate of drug-likeness (QED) is 0.242. The smallest absolute Gasteiger partial charge is 0.269 e. The van der Waals surface area contributed by atoms with E-state index in [9.17, 15) is 10.1 Å². The molecule has 0 aliphatic rings. The molecule has 0 fully saturated rings. The van der Waals surface area contributed by atoms with Crippen molar-refractivity contribution < 1.29 is 9.66 Å². The van der Waals surface area contributed by atoms with Gasteiger partial charge in [0.25, 0.3) is 5.69 Å². The second-order valence-corrected chi connectivity index (χ2v) is 2.92. The van der Waals surface area contributed by atoms with Crippen molar-refractivity contribution in [3.63, 3.8) is 0 Å². The summed E-state index contributed by atoms with van der Waals surface area (Å²) in [6.07, 6.45) is 3.01. The molecule has 0 heterocycles. The van der Waals surface area contributed by atoms with Crippen molar-refractivity contribution >= 4 is 11.9 Å². The van der Waals surface area contributed by atoms with E-state index < -0.39 is 4.92 Å². The van der Waals surface area contributed by atoms with E-state index in [-0.39, 0.29) is 5.69 Å². The largest absolute Gasteiger partial charge is 0.500 e. The van der Waals surface area contributed by atoms with Gasteiger partial charge in [0.1, 0.15) is 6.61 Å². The highest BCUT2D eigenvalue weighted by Crippen LogP contribution is 2.10. The molecule has 0 amide bonds. The maximum atomic E-state index is 10.4.